The van der Waals surface area contributed by atoms with Gasteiger partial charge in [0.2, 0.25) is 5.91 Å². The van der Waals surface area contributed by atoms with Crippen molar-refractivity contribution in [1.82, 2.24) is 5.32 Å². The van der Waals surface area contributed by atoms with Crippen LogP contribution in [-0.2, 0) is 4.79 Å². The molecule has 3 nitrogen and oxygen atoms in total. The first-order valence-electron chi connectivity index (χ1n) is 6.05. The molecule has 1 amide bonds. The van der Waals surface area contributed by atoms with E-state index in [0.717, 1.165) is 12.0 Å². The van der Waals surface area contributed by atoms with Gasteiger partial charge in [-0.25, -0.2) is 0 Å². The Balaban J connectivity index is 2.82. The van der Waals surface area contributed by atoms with Crippen molar-refractivity contribution in [1.29, 1.82) is 0 Å². The monoisotopic (exact) mass is 264 g/mol. The van der Waals surface area contributed by atoms with Gasteiger partial charge < -0.3 is 11.1 Å². The van der Waals surface area contributed by atoms with Crippen LogP contribution in [0.15, 0.2) is 30.3 Å². The fourth-order valence-corrected chi connectivity index (χ4v) is 1.65. The van der Waals surface area contributed by atoms with E-state index in [4.69, 9.17) is 18.0 Å². The molecule has 3 N–H and O–H groups in total. The van der Waals surface area contributed by atoms with E-state index in [1.807, 2.05) is 37.3 Å². The lowest BCUT2D eigenvalue weighted by atomic mass is 9.91. The third-order valence-electron chi connectivity index (χ3n) is 3.10. The van der Waals surface area contributed by atoms with Crippen molar-refractivity contribution in [2.75, 3.05) is 0 Å². The Kier molecular flexibility index (Phi) is 4.84. The number of rotatable bonds is 5. The number of hydrogen-bond acceptors (Lipinski definition) is 2. The van der Waals surface area contributed by atoms with Gasteiger partial charge in [0, 0.05) is 0 Å². The molecule has 0 spiro atoms. The number of hydrogen-bond donors (Lipinski definition) is 2. The first-order valence-corrected chi connectivity index (χ1v) is 6.46. The molecule has 0 aliphatic heterocycles. The van der Waals surface area contributed by atoms with Crippen LogP contribution in [0.5, 0.6) is 0 Å². The van der Waals surface area contributed by atoms with Crippen molar-refractivity contribution in [3.63, 3.8) is 0 Å². The normalized spacial score (nSPS) is 12.8. The van der Waals surface area contributed by atoms with Gasteiger partial charge in [0.15, 0.2) is 0 Å². The Hall–Kier alpha value is -1.42. The SMILES string of the molecule is CCC(NC(=O)C(C)(C)C(N)=S)c1ccccc1. The van der Waals surface area contributed by atoms with Crippen molar-refractivity contribution < 1.29 is 4.79 Å². The molecule has 0 radical (unpaired) electrons. The van der Waals surface area contributed by atoms with E-state index < -0.39 is 5.41 Å². The van der Waals surface area contributed by atoms with Crippen LogP contribution >= 0.6 is 12.2 Å². The van der Waals surface area contributed by atoms with Gasteiger partial charge in [0.1, 0.15) is 0 Å². The van der Waals surface area contributed by atoms with E-state index in [2.05, 4.69) is 5.32 Å². The molecule has 0 bridgehead atoms. The van der Waals surface area contributed by atoms with Gasteiger partial charge in [-0.1, -0.05) is 49.5 Å². The number of benzene rings is 1. The highest BCUT2D eigenvalue weighted by Gasteiger charge is 2.32. The molecule has 1 unspecified atom stereocenters. The van der Waals surface area contributed by atoms with E-state index in [-0.39, 0.29) is 16.9 Å². The first-order chi connectivity index (χ1) is 8.39. The van der Waals surface area contributed by atoms with Crippen molar-refractivity contribution in [2.24, 2.45) is 11.1 Å². The van der Waals surface area contributed by atoms with Gasteiger partial charge >= 0.3 is 0 Å². The quantitative estimate of drug-likeness (QED) is 0.804. The van der Waals surface area contributed by atoms with Crippen LogP contribution in [0.2, 0.25) is 0 Å². The van der Waals surface area contributed by atoms with Crippen LogP contribution in [0.25, 0.3) is 0 Å². The van der Waals surface area contributed by atoms with Crippen molar-refractivity contribution >= 4 is 23.1 Å². The highest BCUT2D eigenvalue weighted by molar-refractivity contribution is 7.80. The number of nitrogens with one attached hydrogen (secondary N) is 1. The Morgan fingerprint density at radius 1 is 1.39 bits per heavy atom. The highest BCUT2D eigenvalue weighted by Crippen LogP contribution is 2.21. The second-order valence-electron chi connectivity index (χ2n) is 4.83. The number of amides is 1. The van der Waals surface area contributed by atoms with Gasteiger partial charge in [-0.05, 0) is 25.8 Å². The fourth-order valence-electron chi connectivity index (χ4n) is 1.56. The second-order valence-corrected chi connectivity index (χ2v) is 5.27. The zero-order valence-electron chi connectivity index (χ0n) is 11.1. The van der Waals surface area contributed by atoms with Crippen LogP contribution in [0.4, 0.5) is 0 Å². The molecule has 98 valence electrons. The molecular formula is C14H20N2OS. The van der Waals surface area contributed by atoms with E-state index in [1.165, 1.54) is 0 Å². The second kappa shape index (κ2) is 5.96. The average molecular weight is 264 g/mol. The molecule has 0 aliphatic carbocycles. The summed E-state index contributed by atoms with van der Waals surface area (Å²) in [6, 6.07) is 9.87. The van der Waals surface area contributed by atoms with Gasteiger partial charge in [-0.15, -0.1) is 0 Å². The third-order valence-corrected chi connectivity index (χ3v) is 3.61. The zero-order valence-corrected chi connectivity index (χ0v) is 11.9. The summed E-state index contributed by atoms with van der Waals surface area (Å²) in [5.41, 5.74) is 5.87. The van der Waals surface area contributed by atoms with E-state index >= 15 is 0 Å². The molecule has 0 saturated heterocycles. The Morgan fingerprint density at radius 2 is 1.94 bits per heavy atom. The molecule has 0 aliphatic rings. The van der Waals surface area contributed by atoms with Crippen LogP contribution < -0.4 is 11.1 Å². The molecule has 1 aromatic rings. The standard InChI is InChI=1S/C14H20N2OS/c1-4-11(10-8-6-5-7-9-10)16-13(17)14(2,3)12(15)18/h5-9,11H,4H2,1-3H3,(H2,15,18)(H,16,17). The summed E-state index contributed by atoms with van der Waals surface area (Å²) >= 11 is 4.93. The van der Waals surface area contributed by atoms with Crippen LogP contribution in [0.1, 0.15) is 38.8 Å². The van der Waals surface area contributed by atoms with Gasteiger partial charge in [0.25, 0.3) is 0 Å². The summed E-state index contributed by atoms with van der Waals surface area (Å²) in [4.78, 5) is 12.4. The molecular weight excluding hydrogens is 244 g/mol. The molecule has 1 atom stereocenters. The largest absolute Gasteiger partial charge is 0.392 e. The highest BCUT2D eigenvalue weighted by atomic mass is 32.1. The van der Waals surface area contributed by atoms with Crippen molar-refractivity contribution in [3.8, 4) is 0 Å². The maximum Gasteiger partial charge on any atom is 0.232 e. The first kappa shape index (κ1) is 14.6. The summed E-state index contributed by atoms with van der Waals surface area (Å²) in [5, 5.41) is 3.00. The summed E-state index contributed by atoms with van der Waals surface area (Å²) in [6.45, 7) is 5.51. The molecule has 1 rings (SSSR count). The molecule has 0 heterocycles. The lowest BCUT2D eigenvalue weighted by Gasteiger charge is -2.26. The number of carbonyl (C=O) groups is 1. The van der Waals surface area contributed by atoms with Crippen molar-refractivity contribution in [2.45, 2.75) is 33.2 Å². The predicted molar refractivity (Wildman–Crippen MR) is 78.2 cm³/mol. The lowest BCUT2D eigenvalue weighted by Crippen LogP contribution is -2.45. The minimum Gasteiger partial charge on any atom is -0.392 e. The summed E-state index contributed by atoms with van der Waals surface area (Å²) < 4.78 is 0. The zero-order chi connectivity index (χ0) is 13.8. The molecule has 1 aromatic carbocycles. The maximum absolute atomic E-state index is 12.2. The maximum atomic E-state index is 12.2. The smallest absolute Gasteiger partial charge is 0.232 e. The molecule has 0 aromatic heterocycles. The Bertz CT molecular complexity index is 429. The third kappa shape index (κ3) is 3.29. The Labute approximate surface area is 114 Å². The molecule has 0 fully saturated rings. The molecule has 0 saturated carbocycles. The van der Waals surface area contributed by atoms with Crippen LogP contribution in [-0.4, -0.2) is 10.9 Å². The fraction of sp³-hybridized carbons (Fsp3) is 0.429. The number of carbonyl (C=O) groups excluding carboxylic acids is 1. The Morgan fingerprint density at radius 3 is 2.39 bits per heavy atom. The van der Waals surface area contributed by atoms with Gasteiger partial charge in [0.05, 0.1) is 16.4 Å². The van der Waals surface area contributed by atoms with Crippen LogP contribution in [0.3, 0.4) is 0 Å². The minimum atomic E-state index is -0.822. The van der Waals surface area contributed by atoms with Gasteiger partial charge in [-0.3, -0.25) is 4.79 Å². The predicted octanol–water partition coefficient (Wildman–Crippen LogP) is 2.57. The molecule has 18 heavy (non-hydrogen) atoms. The van der Waals surface area contributed by atoms with E-state index in [0.29, 0.717) is 0 Å². The van der Waals surface area contributed by atoms with Crippen LogP contribution in [0, 0.1) is 5.41 Å². The lowest BCUT2D eigenvalue weighted by molar-refractivity contribution is -0.127. The number of thiocarbonyl (C=S) groups is 1. The molecule has 4 heteroatoms. The summed E-state index contributed by atoms with van der Waals surface area (Å²) in [5.74, 6) is -0.134. The van der Waals surface area contributed by atoms with Gasteiger partial charge in [-0.2, -0.15) is 0 Å². The van der Waals surface area contributed by atoms with Crippen molar-refractivity contribution in [3.05, 3.63) is 35.9 Å². The minimum absolute atomic E-state index is 0.00711. The summed E-state index contributed by atoms with van der Waals surface area (Å²) in [6.07, 6.45) is 0.823. The average Bonchev–Trinajstić information content (AvgIpc) is 2.36. The number of nitrogens with two attached hydrogens (primary N) is 1. The topological polar surface area (TPSA) is 55.1 Å². The summed E-state index contributed by atoms with van der Waals surface area (Å²) in [7, 11) is 0. The van der Waals surface area contributed by atoms with E-state index in [9.17, 15) is 4.79 Å². The van der Waals surface area contributed by atoms with E-state index in [1.54, 1.807) is 13.8 Å².